The average Bonchev–Trinajstić information content (AvgIpc) is 3.35. The lowest BCUT2D eigenvalue weighted by molar-refractivity contribution is 0.0175. The van der Waals surface area contributed by atoms with Gasteiger partial charge in [-0.05, 0) is 61.2 Å². The number of hydrogen-bond acceptors (Lipinski definition) is 5. The van der Waals surface area contributed by atoms with Gasteiger partial charge in [0, 0.05) is 50.4 Å². The summed E-state index contributed by atoms with van der Waals surface area (Å²) >= 11 is 0. The fourth-order valence-corrected chi connectivity index (χ4v) is 5.05. The smallest absolute Gasteiger partial charge is 0.270 e. The summed E-state index contributed by atoms with van der Waals surface area (Å²) in [5.74, 6) is -0.862. The zero-order valence-electron chi connectivity index (χ0n) is 20.9. The van der Waals surface area contributed by atoms with E-state index in [0.717, 1.165) is 69.0 Å². The fourth-order valence-electron chi connectivity index (χ4n) is 5.05. The molecule has 3 aromatic rings. The summed E-state index contributed by atoms with van der Waals surface area (Å²) in [4.78, 5) is 9.26. The molecule has 2 aliphatic rings. The Morgan fingerprint density at radius 1 is 1.11 bits per heavy atom. The number of halogens is 2. The van der Waals surface area contributed by atoms with Gasteiger partial charge < -0.3 is 20.4 Å². The van der Waals surface area contributed by atoms with Crippen molar-refractivity contribution in [3.05, 3.63) is 84.2 Å². The average molecular weight is 490 g/mol. The highest BCUT2D eigenvalue weighted by atomic mass is 19.3. The Bertz CT molecular complexity index is 1250. The van der Waals surface area contributed by atoms with E-state index in [4.69, 9.17) is 4.98 Å². The summed E-state index contributed by atoms with van der Waals surface area (Å²) in [6, 6.07) is 18.9. The van der Waals surface area contributed by atoms with Crippen LogP contribution in [0.4, 0.5) is 26.0 Å². The van der Waals surface area contributed by atoms with Gasteiger partial charge in [-0.25, -0.2) is 13.8 Å². The van der Waals surface area contributed by atoms with Crippen molar-refractivity contribution in [1.29, 1.82) is 0 Å². The first-order valence-corrected chi connectivity index (χ1v) is 12.5. The molecule has 5 nitrogen and oxygen atoms in total. The highest BCUT2D eigenvalue weighted by Crippen LogP contribution is 2.36. The van der Waals surface area contributed by atoms with Gasteiger partial charge in [-0.1, -0.05) is 36.9 Å². The minimum Gasteiger partial charge on any atom is -0.372 e. The van der Waals surface area contributed by atoms with Gasteiger partial charge >= 0.3 is 0 Å². The first kappa shape index (κ1) is 24.3. The van der Waals surface area contributed by atoms with Gasteiger partial charge in [0.2, 0.25) is 0 Å². The molecule has 7 heteroatoms. The molecule has 0 aliphatic carbocycles. The molecule has 0 bridgehead atoms. The molecule has 5 rings (SSSR count). The summed E-state index contributed by atoms with van der Waals surface area (Å²) in [6.45, 7) is 8.98. The molecule has 0 saturated carbocycles. The van der Waals surface area contributed by atoms with Crippen LogP contribution in [0.25, 0.3) is 11.3 Å². The molecular formula is C29H33F2N5. The third-order valence-corrected chi connectivity index (χ3v) is 7.09. The molecule has 0 amide bonds. The molecule has 1 unspecified atom stereocenters. The number of nitrogens with one attached hydrogen (secondary N) is 2. The van der Waals surface area contributed by atoms with E-state index >= 15 is 0 Å². The monoisotopic (exact) mass is 489 g/mol. The molecule has 0 spiro atoms. The molecule has 1 atom stereocenters. The standard InChI is InChI=1S/C29H33F2N5/c1-20(33-25-10-5-7-21(18-25)23-13-14-32-19-23)36-16-6-15-35(3)27-12-11-26(34-28(27)36)22-8-4-9-24(17-22)29(2,30)31/h4-5,7-12,17-18,23,32-33H,1,6,13-16,19H2,2-3H3. The Morgan fingerprint density at radius 3 is 2.72 bits per heavy atom. The largest absolute Gasteiger partial charge is 0.372 e. The number of pyridine rings is 1. The minimum atomic E-state index is -2.91. The maximum atomic E-state index is 14.0. The summed E-state index contributed by atoms with van der Waals surface area (Å²) in [5, 5.41) is 6.94. The van der Waals surface area contributed by atoms with E-state index in [0.29, 0.717) is 17.2 Å². The molecule has 1 saturated heterocycles. The van der Waals surface area contributed by atoms with E-state index < -0.39 is 5.92 Å². The van der Waals surface area contributed by atoms with Crippen LogP contribution in [0.3, 0.4) is 0 Å². The number of anilines is 3. The van der Waals surface area contributed by atoms with E-state index in [1.54, 1.807) is 6.07 Å². The van der Waals surface area contributed by atoms with E-state index in [1.165, 1.54) is 17.7 Å². The SMILES string of the molecule is C=C(Nc1cccc(C2CCNC2)c1)N1CCCN(C)c2ccc(-c3cccc(C(C)(F)F)c3)nc21. The van der Waals surface area contributed by atoms with E-state index in [1.807, 2.05) is 18.2 Å². The maximum absolute atomic E-state index is 14.0. The van der Waals surface area contributed by atoms with Crippen molar-refractivity contribution in [2.75, 3.05) is 48.3 Å². The molecule has 36 heavy (non-hydrogen) atoms. The number of hydrogen-bond donors (Lipinski definition) is 2. The Balaban J connectivity index is 1.45. The van der Waals surface area contributed by atoms with Gasteiger partial charge in [-0.3, -0.25) is 0 Å². The highest BCUT2D eigenvalue weighted by molar-refractivity contribution is 5.75. The fraction of sp³-hybridized carbons (Fsp3) is 0.345. The molecule has 1 aromatic heterocycles. The van der Waals surface area contributed by atoms with E-state index in [-0.39, 0.29) is 5.56 Å². The minimum absolute atomic E-state index is 0.0193. The number of fused-ring (bicyclic) bond motifs is 1. The van der Waals surface area contributed by atoms with Crippen molar-refractivity contribution in [2.24, 2.45) is 0 Å². The van der Waals surface area contributed by atoms with Gasteiger partial charge in [0.25, 0.3) is 5.92 Å². The topological polar surface area (TPSA) is 43.4 Å². The van der Waals surface area contributed by atoms with Crippen LogP contribution in [0.15, 0.2) is 73.1 Å². The van der Waals surface area contributed by atoms with Gasteiger partial charge in [-0.15, -0.1) is 0 Å². The zero-order valence-corrected chi connectivity index (χ0v) is 20.9. The number of benzene rings is 2. The van der Waals surface area contributed by atoms with Crippen LogP contribution in [-0.2, 0) is 5.92 Å². The lowest BCUT2D eigenvalue weighted by Crippen LogP contribution is -2.28. The summed E-state index contributed by atoms with van der Waals surface area (Å²) in [5.41, 5.74) is 4.61. The van der Waals surface area contributed by atoms with Crippen molar-refractivity contribution in [1.82, 2.24) is 10.3 Å². The normalized spacial score (nSPS) is 18.1. The van der Waals surface area contributed by atoms with E-state index in [2.05, 4.69) is 58.3 Å². The molecule has 2 N–H and O–H groups in total. The molecule has 3 heterocycles. The number of aromatic nitrogens is 1. The number of rotatable bonds is 6. The van der Waals surface area contributed by atoms with Crippen molar-refractivity contribution in [3.63, 3.8) is 0 Å². The van der Waals surface area contributed by atoms with Crippen molar-refractivity contribution in [3.8, 4) is 11.3 Å². The molecule has 2 aromatic carbocycles. The van der Waals surface area contributed by atoms with Crippen molar-refractivity contribution in [2.45, 2.75) is 31.6 Å². The van der Waals surface area contributed by atoms with Crippen LogP contribution in [0, 0.1) is 0 Å². The quantitative estimate of drug-likeness (QED) is 0.434. The summed E-state index contributed by atoms with van der Waals surface area (Å²) in [7, 11) is 2.05. The lowest BCUT2D eigenvalue weighted by atomic mass is 9.98. The van der Waals surface area contributed by atoms with Crippen LogP contribution < -0.4 is 20.4 Å². The van der Waals surface area contributed by atoms with Crippen LogP contribution in [0.1, 0.15) is 36.8 Å². The maximum Gasteiger partial charge on any atom is 0.270 e. The van der Waals surface area contributed by atoms with Gasteiger partial charge in [0.15, 0.2) is 5.82 Å². The third kappa shape index (κ3) is 5.07. The van der Waals surface area contributed by atoms with Crippen molar-refractivity contribution < 1.29 is 8.78 Å². The second-order valence-electron chi connectivity index (χ2n) is 9.82. The highest BCUT2D eigenvalue weighted by Gasteiger charge is 2.26. The first-order chi connectivity index (χ1) is 17.3. The predicted octanol–water partition coefficient (Wildman–Crippen LogP) is 6.17. The second kappa shape index (κ2) is 9.90. The Hall–Kier alpha value is -3.45. The molecule has 188 valence electrons. The molecular weight excluding hydrogens is 456 g/mol. The first-order valence-electron chi connectivity index (χ1n) is 12.5. The second-order valence-corrected chi connectivity index (χ2v) is 9.82. The van der Waals surface area contributed by atoms with Crippen LogP contribution >= 0.6 is 0 Å². The Labute approximate surface area is 211 Å². The van der Waals surface area contributed by atoms with Crippen LogP contribution in [0.5, 0.6) is 0 Å². The molecule has 0 radical (unpaired) electrons. The zero-order chi connectivity index (χ0) is 25.3. The number of nitrogens with zero attached hydrogens (tertiary/aromatic N) is 3. The third-order valence-electron chi connectivity index (χ3n) is 7.09. The van der Waals surface area contributed by atoms with Crippen molar-refractivity contribution >= 4 is 17.2 Å². The van der Waals surface area contributed by atoms with E-state index in [9.17, 15) is 8.78 Å². The lowest BCUT2D eigenvalue weighted by Gasteiger charge is -2.28. The number of alkyl halides is 2. The van der Waals surface area contributed by atoms with Gasteiger partial charge in [0.1, 0.15) is 5.82 Å². The van der Waals surface area contributed by atoms with Crippen LogP contribution in [0.2, 0.25) is 0 Å². The molecule has 1 fully saturated rings. The molecule has 2 aliphatic heterocycles. The summed E-state index contributed by atoms with van der Waals surface area (Å²) < 4.78 is 27.9. The van der Waals surface area contributed by atoms with Gasteiger partial charge in [0.05, 0.1) is 11.4 Å². The Kier molecular flexibility index (Phi) is 6.67. The Morgan fingerprint density at radius 2 is 1.94 bits per heavy atom. The summed E-state index contributed by atoms with van der Waals surface area (Å²) in [6.07, 6.45) is 2.09. The predicted molar refractivity (Wildman–Crippen MR) is 144 cm³/mol. The van der Waals surface area contributed by atoms with Gasteiger partial charge in [-0.2, -0.15) is 0 Å². The van der Waals surface area contributed by atoms with Crippen LogP contribution in [-0.4, -0.2) is 38.2 Å².